The fourth-order valence-corrected chi connectivity index (χ4v) is 2.61. The maximum absolute atomic E-state index is 10.9. The van der Waals surface area contributed by atoms with Crippen LogP contribution in [0.15, 0.2) is 36.4 Å². The SMILES string of the molecule is CCCCCCc1ccc2cccc(CC(=O)O)c2c1. The molecule has 0 saturated heterocycles. The molecule has 20 heavy (non-hydrogen) atoms. The smallest absolute Gasteiger partial charge is 0.307 e. The zero-order chi connectivity index (χ0) is 14.4. The zero-order valence-electron chi connectivity index (χ0n) is 12.1. The molecular formula is C18H22O2. The van der Waals surface area contributed by atoms with Crippen LogP contribution in [0.3, 0.4) is 0 Å². The Labute approximate surface area is 120 Å². The Morgan fingerprint density at radius 3 is 2.70 bits per heavy atom. The molecule has 0 amide bonds. The summed E-state index contributed by atoms with van der Waals surface area (Å²) in [5.41, 5.74) is 2.22. The summed E-state index contributed by atoms with van der Waals surface area (Å²) in [5.74, 6) is -0.772. The molecule has 0 bridgehead atoms. The van der Waals surface area contributed by atoms with Crippen LogP contribution in [0.4, 0.5) is 0 Å². The highest BCUT2D eigenvalue weighted by atomic mass is 16.4. The number of unbranched alkanes of at least 4 members (excludes halogenated alkanes) is 3. The van der Waals surface area contributed by atoms with E-state index in [-0.39, 0.29) is 6.42 Å². The number of rotatable bonds is 7. The van der Waals surface area contributed by atoms with Crippen molar-refractivity contribution < 1.29 is 9.90 Å². The van der Waals surface area contributed by atoms with Gasteiger partial charge in [-0.2, -0.15) is 0 Å². The normalized spacial score (nSPS) is 10.8. The Hall–Kier alpha value is -1.83. The van der Waals surface area contributed by atoms with Gasteiger partial charge in [0.25, 0.3) is 0 Å². The first-order chi connectivity index (χ1) is 9.70. The highest BCUT2D eigenvalue weighted by Crippen LogP contribution is 2.22. The van der Waals surface area contributed by atoms with Crippen LogP contribution in [0, 0.1) is 0 Å². The molecule has 1 N–H and O–H groups in total. The largest absolute Gasteiger partial charge is 0.481 e. The van der Waals surface area contributed by atoms with Crippen molar-refractivity contribution in [2.75, 3.05) is 0 Å². The second kappa shape index (κ2) is 7.09. The van der Waals surface area contributed by atoms with E-state index in [9.17, 15) is 4.79 Å². The van der Waals surface area contributed by atoms with E-state index in [1.54, 1.807) is 0 Å². The van der Waals surface area contributed by atoms with Crippen molar-refractivity contribution in [2.45, 2.75) is 45.4 Å². The molecule has 2 nitrogen and oxygen atoms in total. The highest BCUT2D eigenvalue weighted by Gasteiger charge is 2.06. The lowest BCUT2D eigenvalue weighted by Crippen LogP contribution is -2.00. The first kappa shape index (κ1) is 14.6. The minimum atomic E-state index is -0.772. The summed E-state index contributed by atoms with van der Waals surface area (Å²) in [6.07, 6.45) is 6.19. The molecule has 0 aliphatic carbocycles. The molecule has 2 aromatic rings. The minimum absolute atomic E-state index is 0.0939. The quantitative estimate of drug-likeness (QED) is 0.747. The van der Waals surface area contributed by atoms with Gasteiger partial charge >= 0.3 is 5.97 Å². The first-order valence-electron chi connectivity index (χ1n) is 7.43. The predicted molar refractivity (Wildman–Crippen MR) is 83.1 cm³/mol. The predicted octanol–water partition coefficient (Wildman–Crippen LogP) is 4.59. The highest BCUT2D eigenvalue weighted by molar-refractivity contribution is 5.89. The van der Waals surface area contributed by atoms with Crippen molar-refractivity contribution >= 4 is 16.7 Å². The summed E-state index contributed by atoms with van der Waals surface area (Å²) in [7, 11) is 0. The topological polar surface area (TPSA) is 37.3 Å². The molecule has 0 unspecified atom stereocenters. The third-order valence-corrected chi connectivity index (χ3v) is 3.70. The van der Waals surface area contributed by atoms with Crippen molar-refractivity contribution in [3.8, 4) is 0 Å². The van der Waals surface area contributed by atoms with Gasteiger partial charge in [-0.25, -0.2) is 0 Å². The van der Waals surface area contributed by atoms with Gasteiger partial charge in [-0.15, -0.1) is 0 Å². The van der Waals surface area contributed by atoms with E-state index < -0.39 is 5.97 Å². The van der Waals surface area contributed by atoms with Gasteiger partial charge in [0.05, 0.1) is 6.42 Å². The molecule has 106 valence electrons. The average molecular weight is 270 g/mol. The van der Waals surface area contributed by atoms with E-state index in [0.717, 1.165) is 22.8 Å². The summed E-state index contributed by atoms with van der Waals surface area (Å²) in [6.45, 7) is 2.22. The minimum Gasteiger partial charge on any atom is -0.481 e. The van der Waals surface area contributed by atoms with Crippen molar-refractivity contribution in [2.24, 2.45) is 0 Å². The van der Waals surface area contributed by atoms with Gasteiger partial charge in [0.1, 0.15) is 0 Å². The van der Waals surface area contributed by atoms with E-state index in [1.807, 2.05) is 18.2 Å². The summed E-state index contributed by atoms with van der Waals surface area (Å²) in [4.78, 5) is 10.9. The molecule has 0 aliphatic heterocycles. The summed E-state index contributed by atoms with van der Waals surface area (Å²) in [6, 6.07) is 12.3. The number of benzene rings is 2. The van der Waals surface area contributed by atoms with Crippen LogP contribution in [0.1, 0.15) is 43.7 Å². The Morgan fingerprint density at radius 2 is 1.95 bits per heavy atom. The molecule has 2 heteroatoms. The van der Waals surface area contributed by atoms with Crippen molar-refractivity contribution in [1.82, 2.24) is 0 Å². The summed E-state index contributed by atoms with van der Waals surface area (Å²) < 4.78 is 0. The molecule has 0 radical (unpaired) electrons. The third-order valence-electron chi connectivity index (χ3n) is 3.70. The second-order valence-electron chi connectivity index (χ2n) is 5.35. The molecule has 0 aromatic heterocycles. The van der Waals surface area contributed by atoms with Gasteiger partial charge in [0.15, 0.2) is 0 Å². The van der Waals surface area contributed by atoms with Crippen LogP contribution in [-0.2, 0) is 17.6 Å². The summed E-state index contributed by atoms with van der Waals surface area (Å²) in [5, 5.41) is 11.2. The van der Waals surface area contributed by atoms with Crippen molar-refractivity contribution in [1.29, 1.82) is 0 Å². The van der Waals surface area contributed by atoms with Crippen LogP contribution in [0.25, 0.3) is 10.8 Å². The summed E-state index contributed by atoms with van der Waals surface area (Å²) >= 11 is 0. The molecular weight excluding hydrogens is 248 g/mol. The fourth-order valence-electron chi connectivity index (χ4n) is 2.61. The Kier molecular flexibility index (Phi) is 5.16. The second-order valence-corrected chi connectivity index (χ2v) is 5.35. The molecule has 2 rings (SSSR count). The van der Waals surface area contributed by atoms with Crippen LogP contribution >= 0.6 is 0 Å². The number of aliphatic carboxylic acids is 1. The first-order valence-corrected chi connectivity index (χ1v) is 7.43. The number of carboxylic acids is 1. The number of hydrogen-bond donors (Lipinski definition) is 1. The van der Waals surface area contributed by atoms with Crippen molar-refractivity contribution in [3.05, 3.63) is 47.5 Å². The van der Waals surface area contributed by atoms with Gasteiger partial charge in [-0.05, 0) is 34.7 Å². The van der Waals surface area contributed by atoms with E-state index in [1.165, 1.54) is 31.2 Å². The molecule has 2 aromatic carbocycles. The molecule has 0 heterocycles. The molecule has 0 atom stereocenters. The third kappa shape index (κ3) is 3.83. The number of carboxylic acid groups (broad SMARTS) is 1. The molecule has 0 spiro atoms. The van der Waals surface area contributed by atoms with Crippen molar-refractivity contribution in [3.63, 3.8) is 0 Å². The van der Waals surface area contributed by atoms with Gasteiger partial charge in [0.2, 0.25) is 0 Å². The number of carbonyl (C=O) groups is 1. The van der Waals surface area contributed by atoms with Gasteiger partial charge in [-0.1, -0.05) is 62.6 Å². The van der Waals surface area contributed by atoms with Gasteiger partial charge in [-0.3, -0.25) is 4.79 Å². The van der Waals surface area contributed by atoms with Crippen LogP contribution in [0.2, 0.25) is 0 Å². The number of aryl methyl sites for hydroxylation is 1. The Balaban J connectivity index is 2.20. The zero-order valence-corrected chi connectivity index (χ0v) is 12.1. The van der Waals surface area contributed by atoms with Crippen LogP contribution in [0.5, 0.6) is 0 Å². The van der Waals surface area contributed by atoms with Crippen LogP contribution in [-0.4, -0.2) is 11.1 Å². The monoisotopic (exact) mass is 270 g/mol. The number of fused-ring (bicyclic) bond motifs is 1. The Morgan fingerprint density at radius 1 is 1.10 bits per heavy atom. The fraction of sp³-hybridized carbons (Fsp3) is 0.389. The van der Waals surface area contributed by atoms with Gasteiger partial charge in [0, 0.05) is 0 Å². The van der Waals surface area contributed by atoms with Gasteiger partial charge < -0.3 is 5.11 Å². The lowest BCUT2D eigenvalue weighted by molar-refractivity contribution is -0.136. The van der Waals surface area contributed by atoms with E-state index in [2.05, 4.69) is 25.1 Å². The number of hydrogen-bond acceptors (Lipinski definition) is 1. The lowest BCUT2D eigenvalue weighted by atomic mass is 9.98. The standard InChI is InChI=1S/C18H22O2/c1-2-3-4-5-7-14-10-11-15-8-6-9-16(13-18(19)20)17(15)12-14/h6,8-12H,2-5,7,13H2,1H3,(H,19,20). The molecule has 0 aliphatic rings. The van der Waals surface area contributed by atoms with Crippen LogP contribution < -0.4 is 0 Å². The maximum atomic E-state index is 10.9. The molecule has 0 fully saturated rings. The Bertz CT molecular complexity index is 587. The van der Waals surface area contributed by atoms with E-state index >= 15 is 0 Å². The maximum Gasteiger partial charge on any atom is 0.307 e. The average Bonchev–Trinajstić information content (AvgIpc) is 2.43. The van der Waals surface area contributed by atoms with E-state index in [0.29, 0.717) is 0 Å². The lowest BCUT2D eigenvalue weighted by Gasteiger charge is -2.07. The van der Waals surface area contributed by atoms with E-state index in [4.69, 9.17) is 5.11 Å². The molecule has 0 saturated carbocycles.